The zero-order valence-corrected chi connectivity index (χ0v) is 18.0. The van der Waals surface area contributed by atoms with Crippen LogP contribution in [0.1, 0.15) is 49.9 Å². The molecule has 1 aromatic carbocycles. The van der Waals surface area contributed by atoms with Gasteiger partial charge in [0.1, 0.15) is 5.60 Å². The van der Waals surface area contributed by atoms with Crippen molar-refractivity contribution in [3.63, 3.8) is 0 Å². The fraction of sp³-hybridized carbons (Fsp3) is 0.650. The third-order valence-electron chi connectivity index (χ3n) is 6.12. The van der Waals surface area contributed by atoms with E-state index in [0.29, 0.717) is 28.4 Å². The number of ether oxygens (including phenoxy) is 1. The number of fused-ring (bicyclic) bond motifs is 3. The molecule has 2 fully saturated rings. The summed E-state index contributed by atoms with van der Waals surface area (Å²) in [6.07, 6.45) is 4.52. The first-order chi connectivity index (χ1) is 12.2. The number of benzene rings is 1. The molecule has 2 bridgehead atoms. The summed E-state index contributed by atoms with van der Waals surface area (Å²) in [6, 6.07) is 5.01. The quantitative estimate of drug-likeness (QED) is 0.801. The van der Waals surface area contributed by atoms with E-state index in [1.807, 2.05) is 27.0 Å². The third-order valence-corrected chi connectivity index (χ3v) is 6.34. The molecule has 1 aromatic rings. The first-order valence-electron chi connectivity index (χ1n) is 9.50. The van der Waals surface area contributed by atoms with Crippen molar-refractivity contribution in [1.29, 1.82) is 0 Å². The van der Waals surface area contributed by atoms with Crippen LogP contribution in [0.2, 0.25) is 5.02 Å². The molecule has 0 aromatic heterocycles. The van der Waals surface area contributed by atoms with Gasteiger partial charge in [0.05, 0.1) is 17.8 Å². The molecule has 0 radical (unpaired) electrons. The predicted molar refractivity (Wildman–Crippen MR) is 112 cm³/mol. The van der Waals surface area contributed by atoms with Gasteiger partial charge in [0.15, 0.2) is 5.75 Å². The van der Waals surface area contributed by atoms with Crippen molar-refractivity contribution in [2.24, 2.45) is 0 Å². The highest BCUT2D eigenvalue weighted by Crippen LogP contribution is 2.41. The predicted octanol–water partition coefficient (Wildman–Crippen LogP) is 3.72. The maximum atomic E-state index is 13.1. The van der Waals surface area contributed by atoms with Crippen LogP contribution in [0, 0.1) is 0 Å². The van der Waals surface area contributed by atoms with E-state index in [1.54, 1.807) is 6.07 Å². The van der Waals surface area contributed by atoms with Gasteiger partial charge in [0, 0.05) is 30.2 Å². The zero-order valence-electron chi connectivity index (χ0n) is 16.4. The number of nitrogens with one attached hydrogen (secondary N) is 1. The van der Waals surface area contributed by atoms with Crippen molar-refractivity contribution in [3.05, 3.63) is 22.7 Å². The van der Waals surface area contributed by atoms with Crippen molar-refractivity contribution < 1.29 is 9.53 Å². The molecular weight excluding hydrogens is 385 g/mol. The Hall–Kier alpha value is -1.17. The summed E-state index contributed by atoms with van der Waals surface area (Å²) in [4.78, 5) is 17.7. The topological polar surface area (TPSA) is 44.8 Å². The van der Waals surface area contributed by atoms with Crippen LogP contribution in [0.25, 0.3) is 0 Å². The maximum Gasteiger partial charge on any atom is 0.255 e. The fourth-order valence-corrected chi connectivity index (χ4v) is 5.11. The number of anilines is 1. The lowest BCUT2D eigenvalue weighted by atomic mass is 9.97. The number of likely N-dealkylation sites (N-methyl/N-ethyl adjacent to an activating group) is 1. The second kappa shape index (κ2) is 7.34. The third kappa shape index (κ3) is 3.87. The molecule has 5 nitrogen and oxygen atoms in total. The van der Waals surface area contributed by atoms with Gasteiger partial charge in [0.2, 0.25) is 0 Å². The number of piperidine rings is 1. The smallest absolute Gasteiger partial charge is 0.255 e. The van der Waals surface area contributed by atoms with Crippen LogP contribution in [0.4, 0.5) is 5.69 Å². The monoisotopic (exact) mass is 413 g/mol. The second-order valence-electron chi connectivity index (χ2n) is 8.71. The van der Waals surface area contributed by atoms with Gasteiger partial charge >= 0.3 is 0 Å². The summed E-state index contributed by atoms with van der Waals surface area (Å²) in [7, 11) is 4.22. The number of amides is 1. The van der Waals surface area contributed by atoms with Crippen LogP contribution in [0.5, 0.6) is 5.75 Å². The minimum atomic E-state index is -0.350. The van der Waals surface area contributed by atoms with E-state index in [0.717, 1.165) is 25.1 Å². The molecule has 0 spiro atoms. The van der Waals surface area contributed by atoms with Crippen LogP contribution >= 0.6 is 24.0 Å². The van der Waals surface area contributed by atoms with Gasteiger partial charge in [-0.3, -0.25) is 4.79 Å². The zero-order chi connectivity index (χ0) is 18.6. The van der Waals surface area contributed by atoms with Gasteiger partial charge in [-0.2, -0.15) is 0 Å². The molecule has 2 unspecified atom stereocenters. The first-order valence-corrected chi connectivity index (χ1v) is 9.88. The van der Waals surface area contributed by atoms with Crippen LogP contribution in [-0.2, 0) is 0 Å². The first kappa shape index (κ1) is 20.6. The van der Waals surface area contributed by atoms with Crippen LogP contribution < -0.4 is 15.0 Å². The van der Waals surface area contributed by atoms with Crippen molar-refractivity contribution in [3.8, 4) is 5.75 Å². The number of nitrogens with zero attached hydrogens (tertiary/aromatic N) is 2. The fourth-order valence-electron chi connectivity index (χ4n) is 4.90. The van der Waals surface area contributed by atoms with Gasteiger partial charge < -0.3 is 19.9 Å². The molecule has 3 aliphatic rings. The molecule has 150 valence electrons. The molecule has 3 aliphatic heterocycles. The molecule has 0 aliphatic carbocycles. The Bertz CT molecular complexity index is 726. The van der Waals surface area contributed by atoms with E-state index in [9.17, 15) is 4.79 Å². The van der Waals surface area contributed by atoms with Crippen molar-refractivity contribution in [1.82, 2.24) is 10.2 Å². The van der Waals surface area contributed by atoms with Gasteiger partial charge in [0.25, 0.3) is 5.91 Å². The largest absolute Gasteiger partial charge is 0.483 e. The van der Waals surface area contributed by atoms with E-state index < -0.39 is 0 Å². The summed E-state index contributed by atoms with van der Waals surface area (Å²) in [5, 5.41) is 3.82. The van der Waals surface area contributed by atoms with Gasteiger partial charge in [-0.05, 0) is 58.7 Å². The van der Waals surface area contributed by atoms with Gasteiger partial charge in [-0.25, -0.2) is 0 Å². The summed E-state index contributed by atoms with van der Waals surface area (Å²) < 4.78 is 6.19. The molecule has 27 heavy (non-hydrogen) atoms. The summed E-state index contributed by atoms with van der Waals surface area (Å²) in [5.41, 5.74) is 1.07. The lowest BCUT2D eigenvalue weighted by Gasteiger charge is -2.40. The Labute approximate surface area is 172 Å². The standard InChI is InChI=1S/C20H28ClN3O2.ClH/c1-20(2)11-23(3)17-8-12(21)7-16(18(17)26-20)19(25)22-13-9-14-5-6-15(10-13)24(14)4;/h7-8,13-15H,5-6,9-11H2,1-4H3,(H,22,25);1H. The number of hydrogen-bond donors (Lipinski definition) is 1. The number of hydrogen-bond acceptors (Lipinski definition) is 4. The number of halogens is 2. The van der Waals surface area contributed by atoms with E-state index in [2.05, 4.69) is 22.2 Å². The second-order valence-corrected chi connectivity index (χ2v) is 9.15. The highest BCUT2D eigenvalue weighted by molar-refractivity contribution is 6.31. The van der Waals surface area contributed by atoms with E-state index in [1.165, 1.54) is 12.8 Å². The molecular formula is C20H29Cl2N3O2. The molecule has 2 atom stereocenters. The molecule has 1 N–H and O–H groups in total. The molecule has 4 rings (SSSR count). The highest BCUT2D eigenvalue weighted by atomic mass is 35.5. The number of rotatable bonds is 2. The Balaban J connectivity index is 0.00000210. The van der Waals surface area contributed by atoms with Crippen LogP contribution in [-0.4, -0.2) is 55.2 Å². The molecule has 1 amide bonds. The molecule has 7 heteroatoms. The number of carbonyl (C=O) groups is 1. The summed E-state index contributed by atoms with van der Waals surface area (Å²) >= 11 is 6.31. The van der Waals surface area contributed by atoms with E-state index >= 15 is 0 Å². The van der Waals surface area contributed by atoms with Crippen molar-refractivity contribution in [2.45, 2.75) is 63.3 Å². The van der Waals surface area contributed by atoms with Crippen LogP contribution in [0.15, 0.2) is 12.1 Å². The van der Waals surface area contributed by atoms with E-state index in [4.69, 9.17) is 16.3 Å². The van der Waals surface area contributed by atoms with Crippen LogP contribution in [0.3, 0.4) is 0 Å². The lowest BCUT2D eigenvalue weighted by Crippen LogP contribution is -2.49. The Morgan fingerprint density at radius 3 is 2.48 bits per heavy atom. The van der Waals surface area contributed by atoms with Gasteiger partial charge in [-0.1, -0.05) is 11.6 Å². The summed E-state index contributed by atoms with van der Waals surface area (Å²) in [5.74, 6) is 0.561. The Morgan fingerprint density at radius 2 is 1.85 bits per heavy atom. The summed E-state index contributed by atoms with van der Waals surface area (Å²) in [6.45, 7) is 4.83. The Kier molecular flexibility index (Phi) is 5.59. The van der Waals surface area contributed by atoms with E-state index in [-0.39, 0.29) is 30.0 Å². The minimum Gasteiger partial charge on any atom is -0.483 e. The van der Waals surface area contributed by atoms with Gasteiger partial charge in [-0.15, -0.1) is 12.4 Å². The molecule has 2 saturated heterocycles. The SMILES string of the molecule is CN1CC(C)(C)Oc2c(C(=O)NC3CC4CCC(C3)N4C)cc(Cl)cc21.Cl. The molecule has 3 heterocycles. The molecule has 0 saturated carbocycles. The Morgan fingerprint density at radius 1 is 1.22 bits per heavy atom. The van der Waals surface area contributed by atoms with Crippen molar-refractivity contribution in [2.75, 3.05) is 25.5 Å². The van der Waals surface area contributed by atoms with Crippen molar-refractivity contribution >= 4 is 35.6 Å². The average molecular weight is 414 g/mol. The maximum absolute atomic E-state index is 13.1. The number of carbonyl (C=O) groups excluding carboxylic acids is 1. The normalized spacial score (nSPS) is 28.8. The minimum absolute atomic E-state index is 0. The average Bonchev–Trinajstić information content (AvgIpc) is 2.76. The highest BCUT2D eigenvalue weighted by Gasteiger charge is 2.39. The lowest BCUT2D eigenvalue weighted by molar-refractivity contribution is 0.0847.